The van der Waals surface area contributed by atoms with E-state index in [1.165, 1.54) is 30.6 Å². The largest absolute Gasteiger partial charge is 0.384 e. The Labute approximate surface area is 138 Å². The van der Waals surface area contributed by atoms with Gasteiger partial charge in [0.2, 0.25) is 0 Å². The summed E-state index contributed by atoms with van der Waals surface area (Å²) in [6.45, 7) is 3.87. The van der Waals surface area contributed by atoms with Crippen LogP contribution in [-0.2, 0) is 19.4 Å². The van der Waals surface area contributed by atoms with Crippen molar-refractivity contribution in [1.82, 2.24) is 4.98 Å². The van der Waals surface area contributed by atoms with E-state index in [0.717, 1.165) is 0 Å². The normalized spacial score (nSPS) is 11.2. The number of methoxy groups -OCH3 is 1. The Morgan fingerprint density at radius 1 is 1.35 bits per heavy atom. The predicted octanol–water partition coefficient (Wildman–Crippen LogP) is 2.22. The van der Waals surface area contributed by atoms with Gasteiger partial charge in [0, 0.05) is 24.3 Å². The van der Waals surface area contributed by atoms with Crippen LogP contribution in [0.2, 0.25) is 0 Å². The zero-order chi connectivity index (χ0) is 16.9. The van der Waals surface area contributed by atoms with Gasteiger partial charge in [-0.05, 0) is 17.7 Å². The molecule has 1 N–H and O–H groups in total. The number of thiazole rings is 1. The number of carbonyl (C=O) groups is 1. The first-order chi connectivity index (χ1) is 10.9. The molecule has 1 amide bonds. The molecule has 0 saturated heterocycles. The molecule has 0 atom stereocenters. The van der Waals surface area contributed by atoms with E-state index in [9.17, 15) is 13.2 Å². The van der Waals surface area contributed by atoms with Crippen molar-refractivity contribution in [2.24, 2.45) is 0 Å². The Bertz CT molecular complexity index is 781. The summed E-state index contributed by atoms with van der Waals surface area (Å²) in [4.78, 5) is 16.2. The van der Waals surface area contributed by atoms with Crippen LogP contribution in [0.5, 0.6) is 0 Å². The van der Waals surface area contributed by atoms with Crippen molar-refractivity contribution in [3.05, 3.63) is 48.0 Å². The van der Waals surface area contributed by atoms with E-state index >= 15 is 0 Å². The zero-order valence-corrected chi connectivity index (χ0v) is 14.1. The minimum atomic E-state index is -3.39. The Morgan fingerprint density at radius 3 is 2.61 bits per heavy atom. The lowest BCUT2D eigenvalue weighted by molar-refractivity contribution is -0.111. The lowest BCUT2D eigenvalue weighted by Crippen LogP contribution is -2.13. The molecule has 8 heteroatoms. The maximum absolute atomic E-state index is 12.1. The molecule has 0 radical (unpaired) electrons. The standard InChI is InChI=1S/C15H16N2O4S2/c1-11(14(18)17-15-16-7-9-22-15)12-3-5-13(6-4-12)23(19,20)10-8-21-2/h3-7,9H,1,8,10H2,2H3,(H,16,17,18). The smallest absolute Gasteiger partial charge is 0.257 e. The van der Waals surface area contributed by atoms with Gasteiger partial charge in [0.05, 0.1) is 17.3 Å². The highest BCUT2D eigenvalue weighted by molar-refractivity contribution is 7.91. The van der Waals surface area contributed by atoms with Crippen LogP contribution >= 0.6 is 11.3 Å². The second-order valence-corrected chi connectivity index (χ2v) is 7.61. The Morgan fingerprint density at radius 2 is 2.04 bits per heavy atom. The first-order valence-corrected chi connectivity index (χ1v) is 9.19. The highest BCUT2D eigenvalue weighted by Gasteiger charge is 2.16. The third-order valence-electron chi connectivity index (χ3n) is 3.04. The summed E-state index contributed by atoms with van der Waals surface area (Å²) in [7, 11) is -1.94. The van der Waals surface area contributed by atoms with Crippen molar-refractivity contribution >= 4 is 37.8 Å². The highest BCUT2D eigenvalue weighted by atomic mass is 32.2. The Kier molecular flexibility index (Phi) is 5.64. The average molecular weight is 352 g/mol. The van der Waals surface area contributed by atoms with E-state index in [-0.39, 0.29) is 28.7 Å². The van der Waals surface area contributed by atoms with Crippen molar-refractivity contribution < 1.29 is 17.9 Å². The van der Waals surface area contributed by atoms with Gasteiger partial charge in [-0.2, -0.15) is 0 Å². The molecule has 0 fully saturated rings. The summed E-state index contributed by atoms with van der Waals surface area (Å²) in [6.07, 6.45) is 1.59. The molecule has 23 heavy (non-hydrogen) atoms. The lowest BCUT2D eigenvalue weighted by Gasteiger charge is -2.08. The number of hydrogen-bond acceptors (Lipinski definition) is 6. The summed E-state index contributed by atoms with van der Waals surface area (Å²) < 4.78 is 28.8. The molecular weight excluding hydrogens is 336 g/mol. The molecule has 2 aromatic rings. The van der Waals surface area contributed by atoms with Crippen molar-refractivity contribution in [2.45, 2.75) is 4.90 Å². The first kappa shape index (κ1) is 17.3. The number of ether oxygens (including phenoxy) is 1. The fourth-order valence-corrected chi connectivity index (χ4v) is 3.46. The third-order valence-corrected chi connectivity index (χ3v) is 5.43. The van der Waals surface area contributed by atoms with Gasteiger partial charge >= 0.3 is 0 Å². The number of rotatable bonds is 7. The number of aromatic nitrogens is 1. The van der Waals surface area contributed by atoms with Crippen molar-refractivity contribution in [2.75, 3.05) is 24.8 Å². The quantitative estimate of drug-likeness (QED) is 0.772. The third kappa shape index (κ3) is 4.47. The molecule has 1 aromatic heterocycles. The first-order valence-electron chi connectivity index (χ1n) is 6.66. The number of carbonyl (C=O) groups excluding carboxylic acids is 1. The fraction of sp³-hybridized carbons (Fsp3) is 0.200. The Balaban J connectivity index is 2.09. The number of anilines is 1. The molecule has 6 nitrogen and oxygen atoms in total. The Hall–Kier alpha value is -2.03. The zero-order valence-electron chi connectivity index (χ0n) is 12.5. The molecular formula is C15H16N2O4S2. The van der Waals surface area contributed by atoms with E-state index in [2.05, 4.69) is 16.9 Å². The molecule has 1 aromatic carbocycles. The van der Waals surface area contributed by atoms with Gasteiger partial charge in [0.1, 0.15) is 0 Å². The average Bonchev–Trinajstić information content (AvgIpc) is 3.05. The van der Waals surface area contributed by atoms with Gasteiger partial charge in [0.15, 0.2) is 15.0 Å². The van der Waals surface area contributed by atoms with Gasteiger partial charge in [-0.25, -0.2) is 13.4 Å². The number of benzene rings is 1. The van der Waals surface area contributed by atoms with Gasteiger partial charge < -0.3 is 4.74 Å². The number of nitrogens with zero attached hydrogens (tertiary/aromatic N) is 1. The predicted molar refractivity (Wildman–Crippen MR) is 90.1 cm³/mol. The second kappa shape index (κ2) is 7.49. The summed E-state index contributed by atoms with van der Waals surface area (Å²) in [5.74, 6) is -0.469. The van der Waals surface area contributed by atoms with E-state index in [4.69, 9.17) is 4.74 Å². The number of hydrogen-bond donors (Lipinski definition) is 1. The minimum absolute atomic E-state index is 0.0890. The summed E-state index contributed by atoms with van der Waals surface area (Å²) in [5, 5.41) is 4.86. The van der Waals surface area contributed by atoms with Crippen molar-refractivity contribution in [3.8, 4) is 0 Å². The van der Waals surface area contributed by atoms with Gasteiger partial charge in [-0.15, -0.1) is 11.3 Å². The summed E-state index contributed by atoms with van der Waals surface area (Å²) in [5.41, 5.74) is 0.783. The molecule has 1 heterocycles. The van der Waals surface area contributed by atoms with Crippen LogP contribution < -0.4 is 5.32 Å². The summed E-state index contributed by atoms with van der Waals surface area (Å²) in [6, 6.07) is 6.04. The van der Waals surface area contributed by atoms with Gasteiger partial charge in [-0.3, -0.25) is 10.1 Å². The van der Waals surface area contributed by atoms with Gasteiger partial charge in [-0.1, -0.05) is 18.7 Å². The van der Waals surface area contributed by atoms with Crippen LogP contribution in [0.3, 0.4) is 0 Å². The van der Waals surface area contributed by atoms with Crippen LogP contribution in [0.1, 0.15) is 5.56 Å². The van der Waals surface area contributed by atoms with Crippen LogP contribution in [-0.4, -0.2) is 38.8 Å². The second-order valence-electron chi connectivity index (χ2n) is 4.61. The van der Waals surface area contributed by atoms with Crippen molar-refractivity contribution in [3.63, 3.8) is 0 Å². The van der Waals surface area contributed by atoms with Crippen LogP contribution in [0.25, 0.3) is 5.57 Å². The molecule has 0 unspecified atom stereocenters. The lowest BCUT2D eigenvalue weighted by atomic mass is 10.1. The molecule has 0 aliphatic carbocycles. The molecule has 0 aliphatic rings. The SMILES string of the molecule is C=C(C(=O)Nc1nccs1)c1ccc(S(=O)(=O)CCOC)cc1. The maximum atomic E-state index is 12.1. The molecule has 0 bridgehead atoms. The highest BCUT2D eigenvalue weighted by Crippen LogP contribution is 2.19. The van der Waals surface area contributed by atoms with Crippen LogP contribution in [0.15, 0.2) is 47.3 Å². The topological polar surface area (TPSA) is 85.4 Å². The minimum Gasteiger partial charge on any atom is -0.384 e. The molecule has 0 saturated carbocycles. The van der Waals surface area contributed by atoms with E-state index in [1.807, 2.05) is 0 Å². The number of amides is 1. The monoisotopic (exact) mass is 352 g/mol. The van der Waals surface area contributed by atoms with Gasteiger partial charge in [0.25, 0.3) is 5.91 Å². The number of nitrogens with one attached hydrogen (secondary N) is 1. The van der Waals surface area contributed by atoms with Crippen molar-refractivity contribution in [1.29, 1.82) is 0 Å². The number of sulfone groups is 1. The van der Waals surface area contributed by atoms with E-state index in [0.29, 0.717) is 10.7 Å². The molecule has 0 aliphatic heterocycles. The van der Waals surface area contributed by atoms with E-state index in [1.54, 1.807) is 23.7 Å². The molecule has 0 spiro atoms. The molecule has 2 rings (SSSR count). The summed E-state index contributed by atoms with van der Waals surface area (Å²) >= 11 is 1.30. The van der Waals surface area contributed by atoms with E-state index < -0.39 is 9.84 Å². The van der Waals surface area contributed by atoms with Crippen LogP contribution in [0.4, 0.5) is 5.13 Å². The fourth-order valence-electron chi connectivity index (χ4n) is 1.76. The molecule has 122 valence electrons. The van der Waals surface area contributed by atoms with Crippen LogP contribution in [0, 0.1) is 0 Å². The maximum Gasteiger partial charge on any atom is 0.257 e.